The first kappa shape index (κ1) is 15.7. The van der Waals surface area contributed by atoms with Crippen LogP contribution in [0.2, 0.25) is 5.02 Å². The number of carbonyl (C=O) groups excluding carboxylic acids is 1. The van der Waals surface area contributed by atoms with Gasteiger partial charge in [-0.15, -0.1) is 0 Å². The van der Waals surface area contributed by atoms with Gasteiger partial charge in [0.05, 0.1) is 11.7 Å². The fourth-order valence-corrected chi connectivity index (χ4v) is 3.03. The molecule has 116 valence electrons. The topological polar surface area (TPSA) is 41.1 Å². The van der Waals surface area contributed by atoms with Crippen LogP contribution in [0.1, 0.15) is 24.1 Å². The van der Waals surface area contributed by atoms with Gasteiger partial charge in [0.15, 0.2) is 10.9 Å². The lowest BCUT2D eigenvalue weighted by Crippen LogP contribution is -2.44. The van der Waals surface area contributed by atoms with Crippen molar-refractivity contribution in [3.63, 3.8) is 0 Å². The summed E-state index contributed by atoms with van der Waals surface area (Å²) in [6, 6.07) is 16.8. The molecular weight excluding hydrogens is 328 g/mol. The number of thiocarbonyl (C=S) groups is 1. The maximum absolute atomic E-state index is 12.3. The Balaban J connectivity index is 2.16. The van der Waals surface area contributed by atoms with Crippen LogP contribution in [0.3, 0.4) is 0 Å². The van der Waals surface area contributed by atoms with E-state index in [4.69, 9.17) is 23.8 Å². The van der Waals surface area contributed by atoms with Gasteiger partial charge < -0.3 is 10.6 Å². The highest BCUT2D eigenvalue weighted by atomic mass is 35.5. The molecule has 0 saturated heterocycles. The van der Waals surface area contributed by atoms with Gasteiger partial charge in [0.25, 0.3) is 0 Å². The smallest absolute Gasteiger partial charge is 0.171 e. The molecular formula is C18H15ClN2OS. The van der Waals surface area contributed by atoms with Crippen LogP contribution in [0.5, 0.6) is 0 Å². The predicted octanol–water partition coefficient (Wildman–Crippen LogP) is 3.86. The van der Waals surface area contributed by atoms with Crippen LogP contribution in [0.15, 0.2) is 60.2 Å². The van der Waals surface area contributed by atoms with Gasteiger partial charge >= 0.3 is 0 Å². The molecule has 2 aromatic rings. The van der Waals surface area contributed by atoms with E-state index in [9.17, 15) is 4.79 Å². The third-order valence-corrected chi connectivity index (χ3v) is 4.19. The summed E-state index contributed by atoms with van der Waals surface area (Å²) < 4.78 is 0. The number of carbonyl (C=O) groups is 1. The summed E-state index contributed by atoms with van der Waals surface area (Å²) in [5.41, 5.74) is 3.28. The first-order valence-electron chi connectivity index (χ1n) is 7.20. The zero-order valence-corrected chi connectivity index (χ0v) is 14.0. The van der Waals surface area contributed by atoms with E-state index in [1.54, 1.807) is 6.92 Å². The van der Waals surface area contributed by atoms with Crippen LogP contribution in [0.4, 0.5) is 0 Å². The van der Waals surface area contributed by atoms with Crippen LogP contribution in [0.25, 0.3) is 5.70 Å². The molecule has 23 heavy (non-hydrogen) atoms. The summed E-state index contributed by atoms with van der Waals surface area (Å²) in [6.45, 7) is 1.57. The lowest BCUT2D eigenvalue weighted by atomic mass is 9.90. The number of ketones is 1. The fraction of sp³-hybridized carbons (Fsp3) is 0.111. The van der Waals surface area contributed by atoms with E-state index in [0.29, 0.717) is 15.7 Å². The van der Waals surface area contributed by atoms with Gasteiger partial charge in [-0.05, 0) is 42.4 Å². The average molecular weight is 343 g/mol. The minimum Gasteiger partial charge on any atom is -0.351 e. The van der Waals surface area contributed by atoms with Crippen LogP contribution in [-0.4, -0.2) is 10.9 Å². The molecule has 3 nitrogen and oxygen atoms in total. The van der Waals surface area contributed by atoms with Gasteiger partial charge in [0, 0.05) is 10.6 Å². The lowest BCUT2D eigenvalue weighted by molar-refractivity contribution is -0.113. The maximum Gasteiger partial charge on any atom is 0.171 e. The molecule has 0 radical (unpaired) electrons. The Bertz CT molecular complexity index is 784. The third-order valence-electron chi connectivity index (χ3n) is 3.72. The molecule has 2 N–H and O–H groups in total. The molecule has 0 unspecified atom stereocenters. The van der Waals surface area contributed by atoms with E-state index in [-0.39, 0.29) is 11.8 Å². The van der Waals surface area contributed by atoms with Crippen LogP contribution in [-0.2, 0) is 4.79 Å². The van der Waals surface area contributed by atoms with Crippen molar-refractivity contribution >= 4 is 40.4 Å². The normalized spacial score (nSPS) is 17.5. The Labute approximate surface area is 145 Å². The zero-order chi connectivity index (χ0) is 16.4. The highest BCUT2D eigenvalue weighted by Crippen LogP contribution is 2.32. The van der Waals surface area contributed by atoms with Crippen molar-refractivity contribution in [3.05, 3.63) is 76.3 Å². The minimum absolute atomic E-state index is 0.00805. The van der Waals surface area contributed by atoms with Crippen molar-refractivity contribution in [1.82, 2.24) is 10.6 Å². The molecule has 0 bridgehead atoms. The summed E-state index contributed by atoms with van der Waals surface area (Å²) in [6.07, 6.45) is 0. The second kappa shape index (κ2) is 6.52. The molecule has 2 aromatic carbocycles. The molecule has 0 amide bonds. The van der Waals surface area contributed by atoms with Gasteiger partial charge in [0.2, 0.25) is 0 Å². The Hall–Kier alpha value is -2.17. The first-order valence-corrected chi connectivity index (χ1v) is 7.98. The van der Waals surface area contributed by atoms with Gasteiger partial charge in [-0.25, -0.2) is 0 Å². The molecule has 0 aromatic heterocycles. The average Bonchev–Trinajstić information content (AvgIpc) is 2.55. The summed E-state index contributed by atoms with van der Waals surface area (Å²) in [5, 5.41) is 7.46. The monoisotopic (exact) mass is 342 g/mol. The Kier molecular flexibility index (Phi) is 4.46. The number of halogens is 1. The van der Waals surface area contributed by atoms with E-state index >= 15 is 0 Å². The number of hydrogen-bond acceptors (Lipinski definition) is 2. The van der Waals surface area contributed by atoms with Gasteiger partial charge in [0.1, 0.15) is 0 Å². The van der Waals surface area contributed by atoms with Crippen molar-refractivity contribution in [2.45, 2.75) is 13.0 Å². The molecule has 1 aliphatic rings. The van der Waals surface area contributed by atoms with Gasteiger partial charge in [-0.1, -0.05) is 54.1 Å². The largest absolute Gasteiger partial charge is 0.351 e. The second-order valence-corrected chi connectivity index (χ2v) is 6.14. The molecule has 3 rings (SSSR count). The van der Waals surface area contributed by atoms with E-state index < -0.39 is 0 Å². The van der Waals surface area contributed by atoms with Crippen molar-refractivity contribution in [3.8, 4) is 0 Å². The molecule has 1 atom stereocenters. The molecule has 1 aliphatic heterocycles. The van der Waals surface area contributed by atoms with E-state index in [1.165, 1.54) is 0 Å². The molecule has 0 fully saturated rings. The van der Waals surface area contributed by atoms with Crippen molar-refractivity contribution < 1.29 is 4.79 Å². The molecule has 0 spiro atoms. The molecule has 5 heteroatoms. The Morgan fingerprint density at radius 2 is 1.74 bits per heavy atom. The van der Waals surface area contributed by atoms with Crippen LogP contribution in [0, 0.1) is 0 Å². The zero-order valence-electron chi connectivity index (χ0n) is 12.5. The minimum atomic E-state index is -0.297. The van der Waals surface area contributed by atoms with Crippen molar-refractivity contribution in [1.29, 1.82) is 0 Å². The first-order chi connectivity index (χ1) is 11.1. The standard InChI is InChI=1S/C18H15ClN2OS/c1-11(22)15-16(12-5-3-2-4-6-12)20-18(23)21-17(15)13-7-9-14(19)10-8-13/h2-10,17H,1H3,(H2,20,21,23)/t17-/m1/s1. The second-order valence-electron chi connectivity index (χ2n) is 5.29. The highest BCUT2D eigenvalue weighted by molar-refractivity contribution is 7.80. The maximum atomic E-state index is 12.3. The number of rotatable bonds is 3. The van der Waals surface area contributed by atoms with Crippen molar-refractivity contribution in [2.75, 3.05) is 0 Å². The van der Waals surface area contributed by atoms with Crippen molar-refractivity contribution in [2.24, 2.45) is 0 Å². The summed E-state index contributed by atoms with van der Waals surface area (Å²) in [5.74, 6) is -0.00805. The van der Waals surface area contributed by atoms with E-state index in [1.807, 2.05) is 54.6 Å². The van der Waals surface area contributed by atoms with Gasteiger partial charge in [-0.2, -0.15) is 0 Å². The molecule has 0 saturated carbocycles. The van der Waals surface area contributed by atoms with Crippen LogP contribution >= 0.6 is 23.8 Å². The quantitative estimate of drug-likeness (QED) is 0.831. The summed E-state index contributed by atoms with van der Waals surface area (Å²) in [7, 11) is 0. The van der Waals surface area contributed by atoms with Crippen LogP contribution < -0.4 is 10.6 Å². The number of benzene rings is 2. The van der Waals surface area contributed by atoms with E-state index in [2.05, 4.69) is 10.6 Å². The summed E-state index contributed by atoms with van der Waals surface area (Å²) in [4.78, 5) is 12.3. The molecule has 1 heterocycles. The third kappa shape index (κ3) is 3.28. The predicted molar refractivity (Wildman–Crippen MR) is 97.1 cm³/mol. The fourth-order valence-electron chi connectivity index (χ4n) is 2.68. The van der Waals surface area contributed by atoms with E-state index in [0.717, 1.165) is 16.8 Å². The molecule has 0 aliphatic carbocycles. The SMILES string of the molecule is CC(=O)C1=C(c2ccccc2)NC(=S)N[C@@H]1c1ccc(Cl)cc1. The number of nitrogens with one attached hydrogen (secondary N) is 2. The lowest BCUT2D eigenvalue weighted by Gasteiger charge is -2.31. The summed E-state index contributed by atoms with van der Waals surface area (Å²) >= 11 is 11.3. The highest BCUT2D eigenvalue weighted by Gasteiger charge is 2.29. The Morgan fingerprint density at radius 1 is 1.09 bits per heavy atom. The Morgan fingerprint density at radius 3 is 2.35 bits per heavy atom. The van der Waals surface area contributed by atoms with Gasteiger partial charge in [-0.3, -0.25) is 4.79 Å². The number of Topliss-reactive ketones (excluding diaryl/α,β-unsaturated/α-hetero) is 1. The number of hydrogen-bond donors (Lipinski definition) is 2.